The fourth-order valence-corrected chi connectivity index (χ4v) is 2.17. The summed E-state index contributed by atoms with van der Waals surface area (Å²) >= 11 is 5.21. The normalized spacial score (nSPS) is 23.8. The molecule has 4 heteroatoms. The maximum absolute atomic E-state index is 5.21. The van der Waals surface area contributed by atoms with E-state index in [0.29, 0.717) is 11.3 Å². The molecule has 0 aromatic carbocycles. The van der Waals surface area contributed by atoms with E-state index >= 15 is 0 Å². The zero-order chi connectivity index (χ0) is 10.3. The van der Waals surface area contributed by atoms with Crippen LogP contribution in [0.25, 0.3) is 0 Å². The molecule has 3 nitrogen and oxygen atoms in total. The van der Waals surface area contributed by atoms with E-state index in [-0.39, 0.29) is 0 Å². The quantitative estimate of drug-likeness (QED) is 0.780. The van der Waals surface area contributed by atoms with E-state index in [2.05, 4.69) is 35.5 Å². The summed E-state index contributed by atoms with van der Waals surface area (Å²) in [5, 5.41) is 7.23. The third kappa shape index (κ3) is 1.52. The minimum Gasteiger partial charge on any atom is -0.304 e. The van der Waals surface area contributed by atoms with Gasteiger partial charge in [0.1, 0.15) is 5.82 Å². The summed E-state index contributed by atoms with van der Waals surface area (Å²) in [5.74, 6) is 1.75. The largest absolute Gasteiger partial charge is 0.304 e. The molecule has 0 saturated heterocycles. The topological polar surface area (TPSA) is 33.6 Å². The first-order valence-corrected chi connectivity index (χ1v) is 5.62. The highest BCUT2D eigenvalue weighted by atomic mass is 32.1. The molecule has 1 aromatic rings. The Morgan fingerprint density at radius 2 is 2.29 bits per heavy atom. The molecule has 1 atom stereocenters. The maximum atomic E-state index is 5.21. The third-order valence-corrected chi connectivity index (χ3v) is 3.37. The van der Waals surface area contributed by atoms with Crippen LogP contribution in [0.4, 0.5) is 0 Å². The van der Waals surface area contributed by atoms with Crippen molar-refractivity contribution in [3.05, 3.63) is 10.6 Å². The summed E-state index contributed by atoms with van der Waals surface area (Å²) in [7, 11) is 0. The van der Waals surface area contributed by atoms with Crippen molar-refractivity contribution in [1.82, 2.24) is 14.8 Å². The van der Waals surface area contributed by atoms with Crippen molar-refractivity contribution in [2.75, 3.05) is 0 Å². The van der Waals surface area contributed by atoms with Gasteiger partial charge in [-0.25, -0.2) is 0 Å². The van der Waals surface area contributed by atoms with Crippen molar-refractivity contribution in [1.29, 1.82) is 0 Å². The van der Waals surface area contributed by atoms with Crippen LogP contribution in [-0.4, -0.2) is 14.8 Å². The van der Waals surface area contributed by atoms with Crippen LogP contribution in [0.5, 0.6) is 0 Å². The van der Waals surface area contributed by atoms with Crippen molar-refractivity contribution in [3.63, 3.8) is 0 Å². The van der Waals surface area contributed by atoms with E-state index in [1.54, 1.807) is 0 Å². The predicted octanol–water partition coefficient (Wildman–Crippen LogP) is 2.86. The molecule has 1 saturated carbocycles. The first kappa shape index (κ1) is 9.90. The molecule has 0 amide bonds. The van der Waals surface area contributed by atoms with Crippen LogP contribution >= 0.6 is 12.2 Å². The van der Waals surface area contributed by atoms with Crippen LogP contribution in [0.1, 0.15) is 45.4 Å². The SMILES string of the molecule is CCCn1c(C2CC2(C)C)n[nH]c1=S. The van der Waals surface area contributed by atoms with Crippen LogP contribution in [-0.2, 0) is 6.54 Å². The second-order valence-electron chi connectivity index (χ2n) is 4.78. The average Bonchev–Trinajstić information content (AvgIpc) is 2.57. The smallest absolute Gasteiger partial charge is 0.195 e. The van der Waals surface area contributed by atoms with Crippen molar-refractivity contribution >= 4 is 12.2 Å². The average molecular weight is 211 g/mol. The van der Waals surface area contributed by atoms with E-state index in [0.717, 1.165) is 23.6 Å². The highest BCUT2D eigenvalue weighted by molar-refractivity contribution is 7.71. The summed E-state index contributed by atoms with van der Waals surface area (Å²) in [6.45, 7) is 7.71. The Labute approximate surface area is 89.5 Å². The number of aromatic amines is 1. The molecule has 0 radical (unpaired) electrons. The zero-order valence-corrected chi connectivity index (χ0v) is 9.82. The number of rotatable bonds is 3. The van der Waals surface area contributed by atoms with Gasteiger partial charge in [0.25, 0.3) is 0 Å². The number of nitrogens with one attached hydrogen (secondary N) is 1. The highest BCUT2D eigenvalue weighted by Crippen LogP contribution is 2.57. The second kappa shape index (κ2) is 3.19. The predicted molar refractivity (Wildman–Crippen MR) is 58.8 cm³/mol. The van der Waals surface area contributed by atoms with Crippen LogP contribution < -0.4 is 0 Å². The van der Waals surface area contributed by atoms with E-state index in [1.165, 1.54) is 6.42 Å². The lowest BCUT2D eigenvalue weighted by molar-refractivity contribution is 0.570. The minimum atomic E-state index is 0.423. The first-order valence-electron chi connectivity index (χ1n) is 5.21. The molecule has 14 heavy (non-hydrogen) atoms. The monoisotopic (exact) mass is 211 g/mol. The van der Waals surface area contributed by atoms with Crippen molar-refractivity contribution in [3.8, 4) is 0 Å². The molecule has 1 aliphatic rings. The van der Waals surface area contributed by atoms with Gasteiger partial charge in [-0.05, 0) is 30.5 Å². The van der Waals surface area contributed by atoms with Gasteiger partial charge in [0.15, 0.2) is 4.77 Å². The first-order chi connectivity index (χ1) is 6.56. The van der Waals surface area contributed by atoms with Crippen molar-refractivity contribution in [2.24, 2.45) is 5.41 Å². The summed E-state index contributed by atoms with van der Waals surface area (Å²) < 4.78 is 2.92. The van der Waals surface area contributed by atoms with Crippen molar-refractivity contribution < 1.29 is 0 Å². The van der Waals surface area contributed by atoms with E-state index in [9.17, 15) is 0 Å². The van der Waals surface area contributed by atoms with Crippen LogP contribution in [0, 0.1) is 10.2 Å². The third-order valence-electron chi connectivity index (χ3n) is 3.06. The van der Waals surface area contributed by atoms with Crippen LogP contribution in [0.15, 0.2) is 0 Å². The minimum absolute atomic E-state index is 0.423. The molecule has 1 unspecified atom stereocenters. The number of H-pyrrole nitrogens is 1. The second-order valence-corrected chi connectivity index (χ2v) is 5.17. The van der Waals surface area contributed by atoms with Gasteiger partial charge < -0.3 is 4.57 Å². The van der Waals surface area contributed by atoms with Crippen molar-refractivity contribution in [2.45, 2.75) is 46.1 Å². The molecule has 1 N–H and O–H groups in total. The Morgan fingerprint density at radius 3 is 2.79 bits per heavy atom. The summed E-state index contributed by atoms with van der Waals surface area (Å²) in [6.07, 6.45) is 2.34. The van der Waals surface area contributed by atoms with Crippen LogP contribution in [0.2, 0.25) is 0 Å². The van der Waals surface area contributed by atoms with Gasteiger partial charge in [-0.15, -0.1) is 0 Å². The van der Waals surface area contributed by atoms with Gasteiger partial charge in [-0.1, -0.05) is 20.8 Å². The van der Waals surface area contributed by atoms with Gasteiger partial charge in [-0.3, -0.25) is 5.10 Å². The lowest BCUT2D eigenvalue weighted by atomic mass is 10.1. The molecule has 1 aliphatic carbocycles. The highest BCUT2D eigenvalue weighted by Gasteiger charge is 2.49. The lowest BCUT2D eigenvalue weighted by Crippen LogP contribution is -2.04. The van der Waals surface area contributed by atoms with Gasteiger partial charge in [0.2, 0.25) is 0 Å². The van der Waals surface area contributed by atoms with Crippen LogP contribution in [0.3, 0.4) is 0 Å². The number of nitrogens with zero attached hydrogens (tertiary/aromatic N) is 2. The fourth-order valence-electron chi connectivity index (χ4n) is 1.94. The lowest BCUT2D eigenvalue weighted by Gasteiger charge is -2.05. The fraction of sp³-hybridized carbons (Fsp3) is 0.800. The Balaban J connectivity index is 2.31. The molecule has 2 rings (SSSR count). The Morgan fingerprint density at radius 1 is 1.64 bits per heavy atom. The van der Waals surface area contributed by atoms with Gasteiger partial charge in [0, 0.05) is 12.5 Å². The molecule has 1 heterocycles. The van der Waals surface area contributed by atoms with E-state index in [4.69, 9.17) is 12.2 Å². The molecule has 0 spiro atoms. The molecule has 1 aromatic heterocycles. The Bertz CT molecular complexity index is 388. The summed E-state index contributed by atoms with van der Waals surface area (Å²) in [4.78, 5) is 0. The summed E-state index contributed by atoms with van der Waals surface area (Å²) in [5.41, 5.74) is 0.423. The van der Waals surface area contributed by atoms with Gasteiger partial charge in [-0.2, -0.15) is 5.10 Å². The molecule has 1 fully saturated rings. The Kier molecular flexibility index (Phi) is 2.26. The number of aromatic nitrogens is 3. The number of hydrogen-bond acceptors (Lipinski definition) is 2. The molecular weight excluding hydrogens is 194 g/mol. The zero-order valence-electron chi connectivity index (χ0n) is 9.00. The Hall–Kier alpha value is -0.640. The van der Waals surface area contributed by atoms with Gasteiger partial charge in [0.05, 0.1) is 0 Å². The summed E-state index contributed by atoms with van der Waals surface area (Å²) in [6, 6.07) is 0. The molecular formula is C10H17N3S. The van der Waals surface area contributed by atoms with Gasteiger partial charge >= 0.3 is 0 Å². The van der Waals surface area contributed by atoms with E-state index in [1.807, 2.05) is 0 Å². The number of hydrogen-bond donors (Lipinski definition) is 1. The molecule has 0 bridgehead atoms. The van der Waals surface area contributed by atoms with E-state index < -0.39 is 0 Å². The molecule has 0 aliphatic heterocycles. The maximum Gasteiger partial charge on any atom is 0.195 e. The molecule has 78 valence electrons. The standard InChI is InChI=1S/C10H17N3S/c1-4-5-13-8(11-12-9(13)14)7-6-10(7,2)3/h7H,4-6H2,1-3H3,(H,12,14).